The third-order valence-corrected chi connectivity index (χ3v) is 5.61. The monoisotopic (exact) mass is 342 g/mol. The highest BCUT2D eigenvalue weighted by atomic mass is 32.2. The standard InChI is InChI=1S/C16H26N2O4S/c1-3-22-14-4-6-15(7-5-14)23(19,20)18-12-16(13-21-2)8-10-17-11-9-16/h4-7,17-18H,3,8-13H2,1-2H3. The molecule has 0 spiro atoms. The van der Waals surface area contributed by atoms with E-state index >= 15 is 0 Å². The number of methoxy groups -OCH3 is 1. The Hall–Kier alpha value is -1.15. The normalized spacial score (nSPS) is 17.8. The fourth-order valence-electron chi connectivity index (χ4n) is 2.85. The molecule has 0 unspecified atom stereocenters. The van der Waals surface area contributed by atoms with Gasteiger partial charge in [-0.2, -0.15) is 0 Å². The van der Waals surface area contributed by atoms with Crippen LogP contribution in [0.25, 0.3) is 0 Å². The minimum absolute atomic E-state index is 0.141. The molecule has 2 rings (SSSR count). The summed E-state index contributed by atoms with van der Waals surface area (Å²) in [6.07, 6.45) is 1.79. The van der Waals surface area contributed by atoms with Gasteiger partial charge in [0, 0.05) is 19.1 Å². The van der Waals surface area contributed by atoms with Crippen molar-refractivity contribution in [1.82, 2.24) is 10.0 Å². The molecule has 7 heteroatoms. The van der Waals surface area contributed by atoms with Gasteiger partial charge in [0.25, 0.3) is 0 Å². The average molecular weight is 342 g/mol. The van der Waals surface area contributed by atoms with Crippen LogP contribution in [0.1, 0.15) is 19.8 Å². The molecule has 130 valence electrons. The highest BCUT2D eigenvalue weighted by molar-refractivity contribution is 7.89. The zero-order chi connectivity index (χ0) is 16.8. The maximum Gasteiger partial charge on any atom is 0.240 e. The van der Waals surface area contributed by atoms with Crippen LogP contribution in [-0.2, 0) is 14.8 Å². The van der Waals surface area contributed by atoms with Gasteiger partial charge in [0.05, 0.1) is 18.1 Å². The largest absolute Gasteiger partial charge is 0.494 e. The average Bonchev–Trinajstić information content (AvgIpc) is 2.55. The Kier molecular flexibility index (Phi) is 6.41. The molecule has 0 bridgehead atoms. The van der Waals surface area contributed by atoms with Crippen LogP contribution in [0.2, 0.25) is 0 Å². The van der Waals surface area contributed by atoms with Gasteiger partial charge in [-0.1, -0.05) is 0 Å². The second kappa shape index (κ2) is 8.10. The SMILES string of the molecule is CCOc1ccc(S(=O)(=O)NCC2(COC)CCNCC2)cc1. The lowest BCUT2D eigenvalue weighted by atomic mass is 9.80. The van der Waals surface area contributed by atoms with E-state index in [1.165, 1.54) is 0 Å². The number of benzene rings is 1. The number of hydrogen-bond donors (Lipinski definition) is 2. The molecule has 0 aliphatic carbocycles. The predicted molar refractivity (Wildman–Crippen MR) is 89.2 cm³/mol. The summed E-state index contributed by atoms with van der Waals surface area (Å²) >= 11 is 0. The molecule has 1 aromatic carbocycles. The van der Waals surface area contributed by atoms with Crippen molar-refractivity contribution in [2.45, 2.75) is 24.7 Å². The molecule has 0 atom stereocenters. The first-order valence-electron chi connectivity index (χ1n) is 7.93. The molecule has 1 fully saturated rings. The zero-order valence-corrected chi connectivity index (χ0v) is 14.6. The number of ether oxygens (including phenoxy) is 2. The third kappa shape index (κ3) is 4.91. The van der Waals surface area contributed by atoms with Gasteiger partial charge in [0.2, 0.25) is 10.0 Å². The summed E-state index contributed by atoms with van der Waals surface area (Å²) in [7, 11) is -1.87. The van der Waals surface area contributed by atoms with E-state index in [1.54, 1.807) is 31.4 Å². The predicted octanol–water partition coefficient (Wildman–Crippen LogP) is 1.38. The Labute approximate surface area is 138 Å². The summed E-state index contributed by atoms with van der Waals surface area (Å²) in [5.41, 5.74) is -0.141. The van der Waals surface area contributed by atoms with Crippen molar-refractivity contribution in [2.75, 3.05) is 40.0 Å². The van der Waals surface area contributed by atoms with Crippen LogP contribution in [0.5, 0.6) is 5.75 Å². The second-order valence-corrected chi connectivity index (χ2v) is 7.68. The van der Waals surface area contributed by atoms with Crippen LogP contribution in [0.4, 0.5) is 0 Å². The molecule has 1 aliphatic rings. The van der Waals surface area contributed by atoms with Crippen molar-refractivity contribution in [3.05, 3.63) is 24.3 Å². The van der Waals surface area contributed by atoms with Crippen LogP contribution in [0, 0.1) is 5.41 Å². The van der Waals surface area contributed by atoms with Gasteiger partial charge >= 0.3 is 0 Å². The molecule has 1 aliphatic heterocycles. The molecule has 1 heterocycles. The fraction of sp³-hybridized carbons (Fsp3) is 0.625. The minimum Gasteiger partial charge on any atom is -0.494 e. The molecular weight excluding hydrogens is 316 g/mol. The lowest BCUT2D eigenvalue weighted by Crippen LogP contribution is -2.47. The zero-order valence-electron chi connectivity index (χ0n) is 13.8. The summed E-state index contributed by atoms with van der Waals surface area (Å²) in [5, 5.41) is 3.30. The number of nitrogens with one attached hydrogen (secondary N) is 2. The maximum absolute atomic E-state index is 12.5. The van der Waals surface area contributed by atoms with E-state index < -0.39 is 10.0 Å². The molecule has 23 heavy (non-hydrogen) atoms. The summed E-state index contributed by atoms with van der Waals surface area (Å²) in [6, 6.07) is 6.48. The molecule has 0 aromatic heterocycles. The van der Waals surface area contributed by atoms with Gasteiger partial charge in [0.1, 0.15) is 5.75 Å². The van der Waals surface area contributed by atoms with Crippen LogP contribution < -0.4 is 14.8 Å². The minimum atomic E-state index is -3.53. The molecule has 1 saturated heterocycles. The molecular formula is C16H26N2O4S. The van der Waals surface area contributed by atoms with E-state index in [1.807, 2.05) is 6.92 Å². The van der Waals surface area contributed by atoms with Crippen molar-refractivity contribution < 1.29 is 17.9 Å². The quantitative estimate of drug-likeness (QED) is 0.746. The molecule has 1 aromatic rings. The van der Waals surface area contributed by atoms with Gasteiger partial charge in [-0.25, -0.2) is 13.1 Å². The van der Waals surface area contributed by atoms with E-state index in [-0.39, 0.29) is 10.3 Å². The summed E-state index contributed by atoms with van der Waals surface area (Å²) in [4.78, 5) is 0.252. The van der Waals surface area contributed by atoms with E-state index in [0.717, 1.165) is 25.9 Å². The molecule has 0 amide bonds. The second-order valence-electron chi connectivity index (χ2n) is 5.91. The van der Waals surface area contributed by atoms with Gasteiger partial charge in [-0.15, -0.1) is 0 Å². The van der Waals surface area contributed by atoms with E-state index in [0.29, 0.717) is 25.5 Å². The van der Waals surface area contributed by atoms with Gasteiger partial charge < -0.3 is 14.8 Å². The smallest absolute Gasteiger partial charge is 0.240 e. The Balaban J connectivity index is 2.04. The summed E-state index contributed by atoms with van der Waals surface area (Å²) < 4.78 is 38.4. The molecule has 0 saturated carbocycles. The summed E-state index contributed by atoms with van der Waals surface area (Å²) in [5.74, 6) is 0.667. The Morgan fingerprint density at radius 2 is 1.87 bits per heavy atom. The number of sulfonamides is 1. The Morgan fingerprint density at radius 1 is 1.22 bits per heavy atom. The van der Waals surface area contributed by atoms with E-state index in [2.05, 4.69) is 10.0 Å². The van der Waals surface area contributed by atoms with E-state index in [4.69, 9.17) is 9.47 Å². The lowest BCUT2D eigenvalue weighted by Gasteiger charge is -2.37. The lowest BCUT2D eigenvalue weighted by molar-refractivity contribution is 0.0577. The summed E-state index contributed by atoms with van der Waals surface area (Å²) in [6.45, 7) is 5.15. The van der Waals surface area contributed by atoms with Gasteiger partial charge in [-0.3, -0.25) is 0 Å². The highest BCUT2D eigenvalue weighted by Crippen LogP contribution is 2.29. The topological polar surface area (TPSA) is 76.7 Å². The molecule has 2 N–H and O–H groups in total. The van der Waals surface area contributed by atoms with Crippen LogP contribution >= 0.6 is 0 Å². The first-order valence-corrected chi connectivity index (χ1v) is 9.42. The van der Waals surface area contributed by atoms with Crippen molar-refractivity contribution in [3.63, 3.8) is 0 Å². The van der Waals surface area contributed by atoms with E-state index in [9.17, 15) is 8.42 Å². The Bertz CT molecular complexity index is 575. The number of rotatable bonds is 8. The number of hydrogen-bond acceptors (Lipinski definition) is 5. The Morgan fingerprint density at radius 3 is 2.43 bits per heavy atom. The van der Waals surface area contributed by atoms with Crippen LogP contribution in [0.15, 0.2) is 29.2 Å². The first kappa shape index (κ1) is 18.2. The third-order valence-electron chi connectivity index (χ3n) is 4.20. The fourth-order valence-corrected chi connectivity index (χ4v) is 4.01. The number of piperidine rings is 1. The van der Waals surface area contributed by atoms with Crippen molar-refractivity contribution >= 4 is 10.0 Å². The molecule has 6 nitrogen and oxygen atoms in total. The van der Waals surface area contributed by atoms with Gasteiger partial charge in [0.15, 0.2) is 0 Å². The highest BCUT2D eigenvalue weighted by Gasteiger charge is 2.33. The van der Waals surface area contributed by atoms with Crippen molar-refractivity contribution in [3.8, 4) is 5.75 Å². The first-order chi connectivity index (χ1) is 11.0. The van der Waals surface area contributed by atoms with Crippen LogP contribution in [-0.4, -0.2) is 48.4 Å². The van der Waals surface area contributed by atoms with Crippen LogP contribution in [0.3, 0.4) is 0 Å². The van der Waals surface area contributed by atoms with Crippen molar-refractivity contribution in [1.29, 1.82) is 0 Å². The molecule has 0 radical (unpaired) electrons. The maximum atomic E-state index is 12.5. The van der Waals surface area contributed by atoms with Crippen molar-refractivity contribution in [2.24, 2.45) is 5.41 Å². The van der Waals surface area contributed by atoms with Gasteiger partial charge in [-0.05, 0) is 57.1 Å².